The molecule has 28 heavy (non-hydrogen) atoms. The third-order valence-electron chi connectivity index (χ3n) is 3.88. The van der Waals surface area contributed by atoms with Gasteiger partial charge in [-0.2, -0.15) is 5.06 Å². The van der Waals surface area contributed by atoms with Gasteiger partial charge in [0.25, 0.3) is 5.56 Å². The molecule has 4 N–H and O–H groups in total. The summed E-state index contributed by atoms with van der Waals surface area (Å²) in [6, 6.07) is 0. The van der Waals surface area contributed by atoms with Gasteiger partial charge in [-0.1, -0.05) is 0 Å². The molecule has 0 amide bonds. The van der Waals surface area contributed by atoms with E-state index in [4.69, 9.17) is 24.1 Å². The highest BCUT2D eigenvalue weighted by Gasteiger charge is 2.46. The largest absolute Gasteiger partial charge is 0.469 e. The third-order valence-corrected chi connectivity index (χ3v) is 4.37. The first-order valence-corrected chi connectivity index (χ1v) is 9.80. The number of phosphoric acid groups is 1. The Hall–Kier alpha value is -1.41. The van der Waals surface area contributed by atoms with Crippen LogP contribution in [0.1, 0.15) is 11.8 Å². The molecule has 1 aliphatic rings. The first-order valence-electron chi connectivity index (χ1n) is 8.27. The van der Waals surface area contributed by atoms with Crippen LogP contribution in [0.15, 0.2) is 15.8 Å². The summed E-state index contributed by atoms with van der Waals surface area (Å²) in [5.41, 5.74) is -1.14. The second kappa shape index (κ2) is 9.39. The van der Waals surface area contributed by atoms with E-state index in [1.165, 1.54) is 18.2 Å². The first kappa shape index (κ1) is 22.9. The molecule has 1 aromatic heterocycles. The lowest BCUT2D eigenvalue weighted by Gasteiger charge is -2.23. The number of aryl methyl sites for hydroxylation is 1. The van der Waals surface area contributed by atoms with E-state index < -0.39 is 50.2 Å². The van der Waals surface area contributed by atoms with Gasteiger partial charge in [0.05, 0.1) is 19.8 Å². The molecule has 1 fully saturated rings. The minimum atomic E-state index is -4.79. The van der Waals surface area contributed by atoms with Gasteiger partial charge in [0.1, 0.15) is 18.3 Å². The van der Waals surface area contributed by atoms with Crippen molar-refractivity contribution in [2.24, 2.45) is 0 Å². The van der Waals surface area contributed by atoms with Crippen LogP contribution >= 0.6 is 7.82 Å². The Kier molecular flexibility index (Phi) is 7.67. The van der Waals surface area contributed by atoms with Crippen LogP contribution < -0.4 is 11.2 Å². The summed E-state index contributed by atoms with van der Waals surface area (Å²) >= 11 is 0. The monoisotopic (exact) mass is 425 g/mol. The summed E-state index contributed by atoms with van der Waals surface area (Å²) in [6.07, 6.45) is -3.55. The molecule has 1 aliphatic heterocycles. The molecule has 0 aliphatic carbocycles. The molecule has 0 aromatic carbocycles. The zero-order valence-electron chi connectivity index (χ0n) is 15.5. The molecule has 160 valence electrons. The molecule has 0 radical (unpaired) electrons. The fourth-order valence-electron chi connectivity index (χ4n) is 2.61. The molecule has 0 saturated carbocycles. The quantitative estimate of drug-likeness (QED) is 0.198. The van der Waals surface area contributed by atoms with Crippen LogP contribution in [0.25, 0.3) is 0 Å². The Bertz CT molecular complexity index is 818. The summed E-state index contributed by atoms with van der Waals surface area (Å²) in [7, 11) is -1.44. The van der Waals surface area contributed by atoms with Gasteiger partial charge in [-0.15, -0.1) is 0 Å². The van der Waals surface area contributed by atoms with E-state index in [9.17, 15) is 19.3 Å². The number of phosphoric ester groups is 1. The van der Waals surface area contributed by atoms with Gasteiger partial charge in [-0.25, -0.2) is 9.36 Å². The molecule has 13 nitrogen and oxygen atoms in total. The maximum Gasteiger partial charge on any atom is 0.469 e. The zero-order valence-corrected chi connectivity index (χ0v) is 16.4. The van der Waals surface area contributed by atoms with Crippen LogP contribution in [0.2, 0.25) is 0 Å². The Labute approximate surface area is 159 Å². The summed E-state index contributed by atoms with van der Waals surface area (Å²) < 4.78 is 27.5. The van der Waals surface area contributed by atoms with Crippen molar-refractivity contribution < 1.29 is 38.3 Å². The minimum absolute atomic E-state index is 0.0307. The van der Waals surface area contributed by atoms with Gasteiger partial charge in [0, 0.05) is 25.9 Å². The van der Waals surface area contributed by atoms with Crippen LogP contribution in [0.3, 0.4) is 0 Å². The SMILES string of the molecule is Cc1cn([C@@H]2O[C@H](COP(=O)(O)O)[C@@H](O)[C@H]2OCCON(C)C)c(=O)[nH]c1=O. The van der Waals surface area contributed by atoms with Crippen molar-refractivity contribution >= 4 is 7.82 Å². The van der Waals surface area contributed by atoms with Gasteiger partial charge in [0.2, 0.25) is 0 Å². The van der Waals surface area contributed by atoms with Gasteiger partial charge < -0.3 is 24.4 Å². The van der Waals surface area contributed by atoms with Crippen LogP contribution in [0.4, 0.5) is 0 Å². The Balaban J connectivity index is 2.23. The lowest BCUT2D eigenvalue weighted by atomic mass is 10.1. The molecular weight excluding hydrogens is 401 g/mol. The number of hydrogen-bond acceptors (Lipinski definition) is 9. The lowest BCUT2D eigenvalue weighted by Crippen LogP contribution is -2.40. The Morgan fingerprint density at radius 1 is 1.32 bits per heavy atom. The van der Waals surface area contributed by atoms with Crippen molar-refractivity contribution in [2.75, 3.05) is 33.9 Å². The summed E-state index contributed by atoms with van der Waals surface area (Å²) in [6.45, 7) is 1.03. The standard InChI is InChI=1S/C14H24N3O10P/c1-8-6-17(14(20)15-12(8)19)13-11(24-4-5-25-16(2)3)10(18)9(27-13)7-26-28(21,22)23/h6,9-11,13,18H,4-5,7H2,1-3H3,(H,15,19,20)(H2,21,22,23)/t9-,10-,11-,13-/m1/s1. The average molecular weight is 425 g/mol. The van der Waals surface area contributed by atoms with E-state index in [0.717, 1.165) is 4.57 Å². The van der Waals surface area contributed by atoms with Crippen LogP contribution in [-0.2, 0) is 23.4 Å². The first-order chi connectivity index (χ1) is 13.0. The van der Waals surface area contributed by atoms with E-state index in [2.05, 4.69) is 9.51 Å². The number of rotatable bonds is 9. The van der Waals surface area contributed by atoms with E-state index in [1.807, 2.05) is 0 Å². The van der Waals surface area contributed by atoms with E-state index >= 15 is 0 Å². The highest BCUT2D eigenvalue weighted by molar-refractivity contribution is 7.46. The predicted octanol–water partition coefficient (Wildman–Crippen LogP) is -1.91. The van der Waals surface area contributed by atoms with Crippen molar-refractivity contribution in [3.05, 3.63) is 32.6 Å². The lowest BCUT2D eigenvalue weighted by molar-refractivity contribution is -0.151. The number of H-pyrrole nitrogens is 1. The fourth-order valence-corrected chi connectivity index (χ4v) is 2.95. The van der Waals surface area contributed by atoms with Crippen molar-refractivity contribution in [3.63, 3.8) is 0 Å². The Morgan fingerprint density at radius 2 is 2.00 bits per heavy atom. The third kappa shape index (κ3) is 6.04. The molecule has 1 saturated heterocycles. The fraction of sp³-hybridized carbons (Fsp3) is 0.714. The molecule has 0 bridgehead atoms. The minimum Gasteiger partial charge on any atom is -0.387 e. The number of ether oxygens (including phenoxy) is 2. The van der Waals surface area contributed by atoms with Crippen molar-refractivity contribution in [1.82, 2.24) is 14.6 Å². The summed E-state index contributed by atoms with van der Waals surface area (Å²) in [5.74, 6) is 0. The summed E-state index contributed by atoms with van der Waals surface area (Å²) in [4.78, 5) is 48.8. The van der Waals surface area contributed by atoms with Crippen LogP contribution in [0, 0.1) is 6.92 Å². The highest BCUT2D eigenvalue weighted by atomic mass is 31.2. The van der Waals surface area contributed by atoms with Gasteiger partial charge in [-0.3, -0.25) is 23.7 Å². The molecule has 2 rings (SSSR count). The zero-order chi connectivity index (χ0) is 21.1. The maximum absolute atomic E-state index is 12.2. The molecule has 0 unspecified atom stereocenters. The van der Waals surface area contributed by atoms with Crippen molar-refractivity contribution in [1.29, 1.82) is 0 Å². The van der Waals surface area contributed by atoms with Gasteiger partial charge in [-0.05, 0) is 6.92 Å². The van der Waals surface area contributed by atoms with Gasteiger partial charge in [0.15, 0.2) is 6.23 Å². The molecule has 0 spiro atoms. The second-order valence-electron chi connectivity index (χ2n) is 6.30. The number of aromatic nitrogens is 2. The number of hydrogen-bond donors (Lipinski definition) is 4. The molecule has 1 aromatic rings. The number of aromatic amines is 1. The van der Waals surface area contributed by atoms with Crippen molar-refractivity contribution in [2.45, 2.75) is 31.5 Å². The maximum atomic E-state index is 12.2. The van der Waals surface area contributed by atoms with Crippen LogP contribution in [-0.4, -0.2) is 81.7 Å². The van der Waals surface area contributed by atoms with E-state index in [0.29, 0.717) is 0 Å². The molecular formula is C14H24N3O10P. The van der Waals surface area contributed by atoms with Gasteiger partial charge >= 0.3 is 13.5 Å². The van der Waals surface area contributed by atoms with Crippen molar-refractivity contribution in [3.8, 4) is 0 Å². The van der Waals surface area contributed by atoms with E-state index in [-0.39, 0.29) is 18.8 Å². The number of aliphatic hydroxyl groups is 1. The van der Waals surface area contributed by atoms with E-state index in [1.54, 1.807) is 14.1 Å². The van der Waals surface area contributed by atoms with Crippen LogP contribution in [0.5, 0.6) is 0 Å². The highest BCUT2D eigenvalue weighted by Crippen LogP contribution is 2.38. The molecule has 2 heterocycles. The molecule has 4 atom stereocenters. The molecule has 14 heteroatoms. The number of nitrogens with one attached hydrogen (secondary N) is 1. The number of hydroxylamine groups is 2. The number of nitrogens with zero attached hydrogens (tertiary/aromatic N) is 2. The topological polar surface area (TPSA) is 173 Å². The normalized spacial score (nSPS) is 25.5. The Morgan fingerprint density at radius 3 is 2.61 bits per heavy atom. The average Bonchev–Trinajstić information content (AvgIpc) is 2.88. The summed E-state index contributed by atoms with van der Waals surface area (Å²) in [5, 5.41) is 11.9. The second-order valence-corrected chi connectivity index (χ2v) is 7.54. The predicted molar refractivity (Wildman–Crippen MR) is 93.4 cm³/mol. The smallest absolute Gasteiger partial charge is 0.387 e. The number of aliphatic hydroxyl groups excluding tert-OH is 1.